The largest absolute Gasteiger partial charge is 0.496 e. The Balaban J connectivity index is 2.84. The first-order chi connectivity index (χ1) is 8.35. The van der Waals surface area contributed by atoms with Gasteiger partial charge in [0.2, 0.25) is 10.0 Å². The molecule has 0 aliphatic carbocycles. The molecule has 0 bridgehead atoms. The van der Waals surface area contributed by atoms with Crippen LogP contribution < -0.4 is 9.46 Å². The second-order valence-electron chi connectivity index (χ2n) is 3.39. The number of halogens is 1. The molecule has 0 radical (unpaired) electrons. The number of carboxylic acid groups (broad SMARTS) is 1. The summed E-state index contributed by atoms with van der Waals surface area (Å²) in [7, 11) is -2.45. The summed E-state index contributed by atoms with van der Waals surface area (Å²) in [6.07, 6.45) is 0. The zero-order valence-electron chi connectivity index (χ0n) is 9.51. The van der Waals surface area contributed by atoms with Crippen LogP contribution in [0.5, 0.6) is 5.75 Å². The van der Waals surface area contributed by atoms with E-state index in [-0.39, 0.29) is 6.54 Å². The van der Waals surface area contributed by atoms with Crippen LogP contribution in [0.25, 0.3) is 0 Å². The van der Waals surface area contributed by atoms with Crippen molar-refractivity contribution in [2.75, 3.05) is 12.9 Å². The Bertz CT molecular complexity index is 543. The van der Waals surface area contributed by atoms with E-state index in [4.69, 9.17) is 21.4 Å². The van der Waals surface area contributed by atoms with Gasteiger partial charge in [0, 0.05) is 17.1 Å². The van der Waals surface area contributed by atoms with Gasteiger partial charge in [0.05, 0.1) is 7.11 Å². The summed E-state index contributed by atoms with van der Waals surface area (Å²) < 4.78 is 29.9. The molecular weight excluding hydrogens is 282 g/mol. The number of hydrogen-bond acceptors (Lipinski definition) is 4. The molecule has 0 spiro atoms. The third-order valence-corrected chi connectivity index (χ3v) is 3.64. The Morgan fingerprint density at radius 2 is 2.17 bits per heavy atom. The van der Waals surface area contributed by atoms with Crippen molar-refractivity contribution in [1.29, 1.82) is 0 Å². The first-order valence-corrected chi connectivity index (χ1v) is 6.89. The molecule has 0 aliphatic heterocycles. The number of ether oxygens (including phenoxy) is 1. The molecule has 0 atom stereocenters. The molecule has 8 heteroatoms. The van der Waals surface area contributed by atoms with Gasteiger partial charge < -0.3 is 9.84 Å². The second kappa shape index (κ2) is 6.03. The van der Waals surface area contributed by atoms with Gasteiger partial charge in [0.1, 0.15) is 5.75 Å². The maximum atomic E-state index is 11.3. The van der Waals surface area contributed by atoms with Gasteiger partial charge in [0.15, 0.2) is 5.75 Å². The first kappa shape index (κ1) is 14.7. The van der Waals surface area contributed by atoms with E-state index in [9.17, 15) is 13.2 Å². The number of carbonyl (C=O) groups is 1. The van der Waals surface area contributed by atoms with Gasteiger partial charge in [0.25, 0.3) is 0 Å². The van der Waals surface area contributed by atoms with E-state index in [1.807, 2.05) is 0 Å². The van der Waals surface area contributed by atoms with E-state index in [0.29, 0.717) is 16.3 Å². The van der Waals surface area contributed by atoms with E-state index < -0.39 is 21.7 Å². The highest BCUT2D eigenvalue weighted by molar-refractivity contribution is 7.90. The van der Waals surface area contributed by atoms with Crippen LogP contribution in [-0.2, 0) is 21.4 Å². The minimum absolute atomic E-state index is 0.127. The molecule has 0 saturated carbocycles. The number of benzene rings is 1. The summed E-state index contributed by atoms with van der Waals surface area (Å²) in [4.78, 5) is 10.3. The standard InChI is InChI=1S/C10H12ClNO5S/c1-17-9-4-2-3-8(11)7(9)5-12-18(15,16)6-10(13)14/h2-4,12H,5-6H2,1H3,(H,13,14). The van der Waals surface area contributed by atoms with E-state index in [0.717, 1.165) is 0 Å². The fraction of sp³-hybridized carbons (Fsp3) is 0.300. The number of aliphatic carboxylic acids is 1. The van der Waals surface area contributed by atoms with Crippen molar-refractivity contribution in [2.24, 2.45) is 0 Å². The fourth-order valence-electron chi connectivity index (χ4n) is 1.30. The molecular formula is C10H12ClNO5S. The van der Waals surface area contributed by atoms with Gasteiger partial charge in [-0.3, -0.25) is 4.79 Å². The number of carboxylic acids is 1. The highest BCUT2D eigenvalue weighted by Gasteiger charge is 2.17. The summed E-state index contributed by atoms with van der Waals surface area (Å²) in [5.74, 6) is -1.98. The molecule has 6 nitrogen and oxygen atoms in total. The lowest BCUT2D eigenvalue weighted by Crippen LogP contribution is -2.29. The van der Waals surface area contributed by atoms with E-state index in [2.05, 4.69) is 4.72 Å². The van der Waals surface area contributed by atoms with Gasteiger partial charge in [-0.15, -0.1) is 0 Å². The predicted molar refractivity (Wildman–Crippen MR) is 66.3 cm³/mol. The Morgan fingerprint density at radius 1 is 1.50 bits per heavy atom. The van der Waals surface area contributed by atoms with Gasteiger partial charge in [-0.2, -0.15) is 0 Å². The summed E-state index contributed by atoms with van der Waals surface area (Å²) in [5.41, 5.74) is 0.454. The molecule has 0 aliphatic rings. The lowest BCUT2D eigenvalue weighted by molar-refractivity contribution is -0.134. The van der Waals surface area contributed by atoms with Crippen LogP contribution in [0.3, 0.4) is 0 Å². The lowest BCUT2D eigenvalue weighted by Gasteiger charge is -2.11. The predicted octanol–water partition coefficient (Wildman–Crippen LogP) is 0.853. The summed E-state index contributed by atoms with van der Waals surface area (Å²) in [6, 6.07) is 4.88. The van der Waals surface area contributed by atoms with Crippen LogP contribution >= 0.6 is 11.6 Å². The molecule has 0 fully saturated rings. The number of sulfonamides is 1. The highest BCUT2D eigenvalue weighted by atomic mass is 35.5. The fourth-order valence-corrected chi connectivity index (χ4v) is 2.32. The Labute approximate surface area is 110 Å². The molecule has 0 amide bonds. The van der Waals surface area contributed by atoms with Crippen molar-refractivity contribution in [2.45, 2.75) is 6.54 Å². The summed E-state index contributed by atoms with van der Waals surface area (Å²) in [6.45, 7) is -0.127. The van der Waals surface area contributed by atoms with Gasteiger partial charge in [-0.05, 0) is 12.1 Å². The van der Waals surface area contributed by atoms with E-state index in [1.54, 1.807) is 18.2 Å². The van der Waals surface area contributed by atoms with Gasteiger partial charge in [-0.1, -0.05) is 17.7 Å². The third kappa shape index (κ3) is 4.17. The monoisotopic (exact) mass is 293 g/mol. The van der Waals surface area contributed by atoms with Crippen LogP contribution in [0, 0.1) is 0 Å². The van der Waals surface area contributed by atoms with Crippen molar-refractivity contribution in [1.82, 2.24) is 4.72 Å². The van der Waals surface area contributed by atoms with Crippen molar-refractivity contribution in [3.63, 3.8) is 0 Å². The lowest BCUT2D eigenvalue weighted by atomic mass is 10.2. The molecule has 0 unspecified atom stereocenters. The Morgan fingerprint density at radius 3 is 2.72 bits per heavy atom. The van der Waals surface area contributed by atoms with Crippen LogP contribution in [-0.4, -0.2) is 32.4 Å². The molecule has 0 heterocycles. The van der Waals surface area contributed by atoms with Crippen LogP contribution in [0.4, 0.5) is 0 Å². The number of hydrogen-bond donors (Lipinski definition) is 2. The number of rotatable bonds is 6. The van der Waals surface area contributed by atoms with Crippen molar-refractivity contribution in [3.8, 4) is 5.75 Å². The molecule has 1 aromatic rings. The molecule has 1 rings (SSSR count). The molecule has 100 valence electrons. The smallest absolute Gasteiger partial charge is 0.320 e. The zero-order valence-corrected chi connectivity index (χ0v) is 11.1. The zero-order chi connectivity index (χ0) is 13.8. The highest BCUT2D eigenvalue weighted by Crippen LogP contribution is 2.25. The molecule has 0 saturated heterocycles. The Kier molecular flexibility index (Phi) is 4.94. The van der Waals surface area contributed by atoms with Crippen molar-refractivity contribution < 1.29 is 23.1 Å². The minimum atomic E-state index is -3.88. The van der Waals surface area contributed by atoms with E-state index >= 15 is 0 Å². The maximum absolute atomic E-state index is 11.3. The third-order valence-electron chi connectivity index (χ3n) is 2.08. The molecule has 1 aromatic carbocycles. The van der Waals surface area contributed by atoms with E-state index in [1.165, 1.54) is 7.11 Å². The van der Waals surface area contributed by atoms with Gasteiger partial charge >= 0.3 is 5.97 Å². The van der Waals surface area contributed by atoms with Crippen LogP contribution in [0.15, 0.2) is 18.2 Å². The van der Waals surface area contributed by atoms with Crippen LogP contribution in [0.2, 0.25) is 5.02 Å². The first-order valence-electron chi connectivity index (χ1n) is 4.86. The normalized spacial score (nSPS) is 11.2. The average molecular weight is 294 g/mol. The molecule has 18 heavy (non-hydrogen) atoms. The van der Waals surface area contributed by atoms with Crippen molar-refractivity contribution >= 4 is 27.6 Å². The van der Waals surface area contributed by atoms with Gasteiger partial charge in [-0.25, -0.2) is 13.1 Å². The molecule has 2 N–H and O–H groups in total. The quantitative estimate of drug-likeness (QED) is 0.811. The number of nitrogens with one attached hydrogen (secondary N) is 1. The average Bonchev–Trinajstić information content (AvgIpc) is 2.25. The summed E-state index contributed by atoms with van der Waals surface area (Å²) >= 11 is 5.91. The van der Waals surface area contributed by atoms with Crippen LogP contribution in [0.1, 0.15) is 5.56 Å². The minimum Gasteiger partial charge on any atom is -0.496 e. The summed E-state index contributed by atoms with van der Waals surface area (Å²) in [5, 5.41) is 8.77. The van der Waals surface area contributed by atoms with Crippen molar-refractivity contribution in [3.05, 3.63) is 28.8 Å². The molecule has 0 aromatic heterocycles. The second-order valence-corrected chi connectivity index (χ2v) is 5.61. The Hall–Kier alpha value is -1.31. The topological polar surface area (TPSA) is 92.7 Å². The number of methoxy groups -OCH3 is 1. The maximum Gasteiger partial charge on any atom is 0.320 e. The SMILES string of the molecule is COc1cccc(Cl)c1CNS(=O)(=O)CC(=O)O.